The number of carbonyl (C=O) groups excluding carboxylic acids is 2. The van der Waals surface area contributed by atoms with Crippen LogP contribution in [0, 0.1) is 17.8 Å². The van der Waals surface area contributed by atoms with Gasteiger partial charge in [0.1, 0.15) is 5.70 Å². The molecule has 0 atom stereocenters. The van der Waals surface area contributed by atoms with Crippen molar-refractivity contribution < 1.29 is 19.1 Å². The highest BCUT2D eigenvalue weighted by Gasteiger charge is 2.51. The van der Waals surface area contributed by atoms with Gasteiger partial charge in [0.05, 0.1) is 14.2 Å². The van der Waals surface area contributed by atoms with Crippen LogP contribution >= 0.6 is 11.3 Å². The van der Waals surface area contributed by atoms with Crippen molar-refractivity contribution in [3.8, 4) is 11.5 Å². The van der Waals surface area contributed by atoms with Gasteiger partial charge < -0.3 is 20.1 Å². The van der Waals surface area contributed by atoms with Crippen molar-refractivity contribution >= 4 is 34.9 Å². The second-order valence-electron chi connectivity index (χ2n) is 11.3. The lowest BCUT2D eigenvalue weighted by Crippen LogP contribution is -2.48. The van der Waals surface area contributed by atoms with E-state index >= 15 is 0 Å². The monoisotopic (exact) mass is 542 g/mol. The molecule has 6 nitrogen and oxygen atoms in total. The van der Waals surface area contributed by atoms with Crippen LogP contribution in [0.4, 0.5) is 5.69 Å². The van der Waals surface area contributed by atoms with Crippen LogP contribution in [0.25, 0.3) is 6.08 Å². The number of thiophene rings is 1. The number of anilines is 1. The summed E-state index contributed by atoms with van der Waals surface area (Å²) in [5, 5.41) is 7.72. The van der Waals surface area contributed by atoms with E-state index < -0.39 is 5.91 Å². The molecule has 0 aliphatic heterocycles. The molecule has 2 amide bonds. The van der Waals surface area contributed by atoms with Crippen LogP contribution in [-0.4, -0.2) is 26.0 Å². The first-order chi connectivity index (χ1) is 18.9. The Morgan fingerprint density at radius 3 is 2.15 bits per heavy atom. The fourth-order valence-electron chi connectivity index (χ4n) is 7.42. The van der Waals surface area contributed by atoms with Gasteiger partial charge in [0.2, 0.25) is 0 Å². The van der Waals surface area contributed by atoms with Crippen molar-refractivity contribution in [2.24, 2.45) is 17.8 Å². The zero-order valence-electron chi connectivity index (χ0n) is 22.4. The fourth-order valence-corrected chi connectivity index (χ4v) is 8.07. The molecule has 4 saturated carbocycles. The number of benzene rings is 2. The average Bonchev–Trinajstić information content (AvgIpc) is 3.45. The first-order valence-electron chi connectivity index (χ1n) is 13.6. The van der Waals surface area contributed by atoms with Crippen LogP contribution in [0.2, 0.25) is 0 Å². The quantitative estimate of drug-likeness (QED) is 0.313. The lowest BCUT2D eigenvalue weighted by atomic mass is 9.48. The molecule has 202 valence electrons. The van der Waals surface area contributed by atoms with Gasteiger partial charge in [0.15, 0.2) is 11.5 Å². The Hall–Kier alpha value is -3.58. The van der Waals surface area contributed by atoms with Gasteiger partial charge in [-0.3, -0.25) is 9.59 Å². The topological polar surface area (TPSA) is 76.7 Å². The maximum absolute atomic E-state index is 13.4. The normalized spacial score (nSPS) is 25.3. The van der Waals surface area contributed by atoms with Crippen molar-refractivity contribution in [1.29, 1.82) is 0 Å². The highest BCUT2D eigenvalue weighted by Crippen LogP contribution is 2.60. The summed E-state index contributed by atoms with van der Waals surface area (Å²) < 4.78 is 10.6. The van der Waals surface area contributed by atoms with Crippen molar-refractivity contribution in [2.75, 3.05) is 19.5 Å². The zero-order chi connectivity index (χ0) is 27.0. The van der Waals surface area contributed by atoms with E-state index in [1.165, 1.54) is 62.5 Å². The van der Waals surface area contributed by atoms with E-state index in [9.17, 15) is 9.59 Å². The Labute approximate surface area is 233 Å². The van der Waals surface area contributed by atoms with E-state index in [-0.39, 0.29) is 11.6 Å². The molecule has 4 aliphatic carbocycles. The van der Waals surface area contributed by atoms with Gasteiger partial charge in [-0.05, 0) is 115 Å². The van der Waals surface area contributed by atoms with Crippen LogP contribution in [0.1, 0.15) is 59.3 Å². The second-order valence-corrected chi connectivity index (χ2v) is 12.3. The van der Waals surface area contributed by atoms with Gasteiger partial charge in [0, 0.05) is 16.1 Å². The number of hydrogen-bond donors (Lipinski definition) is 2. The van der Waals surface area contributed by atoms with Gasteiger partial charge >= 0.3 is 0 Å². The number of carbonyl (C=O) groups is 2. The Morgan fingerprint density at radius 1 is 0.897 bits per heavy atom. The van der Waals surface area contributed by atoms with E-state index in [4.69, 9.17) is 9.47 Å². The highest BCUT2D eigenvalue weighted by atomic mass is 32.1. The number of rotatable bonds is 8. The Morgan fingerprint density at radius 2 is 1.56 bits per heavy atom. The van der Waals surface area contributed by atoms with E-state index in [0.717, 1.165) is 22.6 Å². The van der Waals surface area contributed by atoms with E-state index in [2.05, 4.69) is 22.8 Å². The van der Waals surface area contributed by atoms with Crippen molar-refractivity contribution in [3.05, 3.63) is 81.7 Å². The summed E-state index contributed by atoms with van der Waals surface area (Å²) in [6, 6.07) is 17.1. The minimum Gasteiger partial charge on any atom is -0.493 e. The van der Waals surface area contributed by atoms with Gasteiger partial charge in [0.25, 0.3) is 11.8 Å². The van der Waals surface area contributed by atoms with E-state index in [0.29, 0.717) is 28.2 Å². The minimum atomic E-state index is -0.411. The van der Waals surface area contributed by atoms with Crippen LogP contribution in [-0.2, 0) is 10.2 Å². The first-order valence-corrected chi connectivity index (χ1v) is 14.5. The smallest absolute Gasteiger partial charge is 0.272 e. The van der Waals surface area contributed by atoms with Crippen LogP contribution < -0.4 is 20.1 Å². The number of nitrogens with one attached hydrogen (secondary N) is 2. The third-order valence-electron chi connectivity index (χ3n) is 8.76. The van der Waals surface area contributed by atoms with Gasteiger partial charge in [-0.25, -0.2) is 0 Å². The lowest BCUT2D eigenvalue weighted by molar-refractivity contribution is -0.113. The molecule has 4 bridgehead atoms. The van der Waals surface area contributed by atoms with Gasteiger partial charge in [-0.15, -0.1) is 11.3 Å². The SMILES string of the molecule is COc1ccc(C(=O)N/C(=C\c2cccs2)C(=O)Nc2ccc(C34CC5CC(CC(C5)C3)C4)cc2)cc1OC. The maximum Gasteiger partial charge on any atom is 0.272 e. The standard InChI is InChI=1S/C32H34N2O4S/c1-37-28-10-5-23(15-29(28)38-2)30(35)34-27(16-26-4-3-11-39-26)31(36)33-25-8-6-24(7-9-25)32-17-20-12-21(18-32)14-22(13-20)19-32/h3-11,15-16,20-22H,12-14,17-19H2,1-2H3,(H,33,36)(H,34,35)/b27-16-. The summed E-state index contributed by atoms with van der Waals surface area (Å²) in [5.74, 6) is 2.83. The summed E-state index contributed by atoms with van der Waals surface area (Å²) in [6.45, 7) is 0. The summed E-state index contributed by atoms with van der Waals surface area (Å²) in [7, 11) is 3.06. The van der Waals surface area contributed by atoms with Crippen molar-refractivity contribution in [1.82, 2.24) is 5.32 Å². The third kappa shape index (κ3) is 5.20. The zero-order valence-corrected chi connectivity index (χ0v) is 23.2. The van der Waals surface area contributed by atoms with Crippen LogP contribution in [0.3, 0.4) is 0 Å². The predicted molar refractivity (Wildman–Crippen MR) is 154 cm³/mol. The van der Waals surface area contributed by atoms with E-state index in [1.54, 1.807) is 31.4 Å². The molecule has 0 unspecified atom stereocenters. The Balaban J connectivity index is 1.19. The van der Waals surface area contributed by atoms with Gasteiger partial charge in [-0.2, -0.15) is 0 Å². The molecule has 7 heteroatoms. The maximum atomic E-state index is 13.4. The van der Waals surface area contributed by atoms with Crippen LogP contribution in [0.15, 0.2) is 65.7 Å². The molecule has 0 radical (unpaired) electrons. The minimum absolute atomic E-state index is 0.169. The molecular formula is C32H34N2O4S. The summed E-state index contributed by atoms with van der Waals surface area (Å²) >= 11 is 1.49. The Bertz CT molecular complexity index is 1360. The molecular weight excluding hydrogens is 508 g/mol. The molecule has 4 fully saturated rings. The molecule has 39 heavy (non-hydrogen) atoms. The summed E-state index contributed by atoms with van der Waals surface area (Å²) in [6.07, 6.45) is 9.87. The van der Waals surface area contributed by atoms with Crippen molar-refractivity contribution in [2.45, 2.75) is 43.9 Å². The number of ether oxygens (including phenoxy) is 2. The number of methoxy groups -OCH3 is 2. The summed E-state index contributed by atoms with van der Waals surface area (Å²) in [5.41, 5.74) is 2.97. The lowest BCUT2D eigenvalue weighted by Gasteiger charge is -2.57. The second kappa shape index (κ2) is 10.5. The molecule has 7 rings (SSSR count). The third-order valence-corrected chi connectivity index (χ3v) is 9.58. The summed E-state index contributed by atoms with van der Waals surface area (Å²) in [4.78, 5) is 27.4. The number of amides is 2. The van der Waals surface area contributed by atoms with E-state index in [1.807, 2.05) is 29.6 Å². The fraction of sp³-hybridized carbons (Fsp3) is 0.375. The predicted octanol–water partition coefficient (Wildman–Crippen LogP) is 6.64. The molecule has 2 N–H and O–H groups in total. The van der Waals surface area contributed by atoms with Gasteiger partial charge in [-0.1, -0.05) is 18.2 Å². The average molecular weight is 543 g/mol. The molecule has 1 aromatic heterocycles. The van der Waals surface area contributed by atoms with Crippen LogP contribution in [0.5, 0.6) is 11.5 Å². The number of hydrogen-bond acceptors (Lipinski definition) is 5. The molecule has 3 aromatic rings. The molecule has 0 saturated heterocycles. The molecule has 1 heterocycles. The molecule has 4 aliphatic rings. The first kappa shape index (κ1) is 25.7. The highest BCUT2D eigenvalue weighted by molar-refractivity contribution is 7.10. The molecule has 2 aromatic carbocycles. The Kier molecular flexibility index (Phi) is 6.94. The largest absolute Gasteiger partial charge is 0.493 e. The van der Waals surface area contributed by atoms with Crippen molar-refractivity contribution in [3.63, 3.8) is 0 Å². The molecule has 0 spiro atoms.